The van der Waals surface area contributed by atoms with E-state index >= 15 is 0 Å². The van der Waals surface area contributed by atoms with Crippen molar-refractivity contribution in [3.63, 3.8) is 0 Å². The van der Waals surface area contributed by atoms with Crippen LogP contribution in [0.15, 0.2) is 41.8 Å². The number of carbonyl (C=O) groups excluding carboxylic acids is 1. The van der Waals surface area contributed by atoms with Gasteiger partial charge in [-0.25, -0.2) is 0 Å². The lowest BCUT2D eigenvalue weighted by atomic mass is 10.0. The Balaban J connectivity index is 1.98. The summed E-state index contributed by atoms with van der Waals surface area (Å²) in [7, 11) is 1.88. The smallest absolute Gasteiger partial charge is 0.226 e. The number of hydrogen-bond acceptors (Lipinski definition) is 3. The molecule has 0 saturated carbocycles. The van der Waals surface area contributed by atoms with Crippen LogP contribution in [0.1, 0.15) is 22.9 Å². The van der Waals surface area contributed by atoms with Crippen molar-refractivity contribution in [3.05, 3.63) is 57.8 Å². The molecule has 0 spiro atoms. The van der Waals surface area contributed by atoms with E-state index in [-0.39, 0.29) is 11.9 Å². The Hall–Kier alpha value is -1.65. The van der Waals surface area contributed by atoms with E-state index in [0.29, 0.717) is 13.0 Å². The third-order valence-electron chi connectivity index (χ3n) is 3.81. The number of nitrogens with two attached hydrogens (primary N) is 1. The minimum absolute atomic E-state index is 0.139. The molecule has 1 atom stereocenters. The lowest BCUT2D eigenvalue weighted by molar-refractivity contribution is -0.130. The number of nitrogens with zero attached hydrogens (tertiary/aromatic N) is 1. The summed E-state index contributed by atoms with van der Waals surface area (Å²) in [5.41, 5.74) is 7.80. The van der Waals surface area contributed by atoms with Crippen LogP contribution in [0.25, 0.3) is 0 Å². The molecule has 0 fully saturated rings. The van der Waals surface area contributed by atoms with Crippen LogP contribution in [0.4, 0.5) is 0 Å². The van der Waals surface area contributed by atoms with Crippen LogP contribution in [0, 0.1) is 0 Å². The summed E-state index contributed by atoms with van der Waals surface area (Å²) in [6.07, 6.45) is 1.32. The van der Waals surface area contributed by atoms with Crippen LogP contribution in [0.5, 0.6) is 0 Å². The lowest BCUT2D eigenvalue weighted by Gasteiger charge is -2.25. The van der Waals surface area contributed by atoms with Gasteiger partial charge in [-0.15, -0.1) is 11.3 Å². The van der Waals surface area contributed by atoms with Crippen molar-refractivity contribution in [1.82, 2.24) is 4.90 Å². The van der Waals surface area contributed by atoms with Crippen LogP contribution in [-0.4, -0.2) is 23.9 Å². The van der Waals surface area contributed by atoms with Crippen molar-refractivity contribution >= 4 is 17.2 Å². The average molecular weight is 302 g/mol. The highest BCUT2D eigenvalue weighted by atomic mass is 32.1. The number of likely N-dealkylation sites (N-methyl/N-ethyl adjacent to an activating group) is 1. The zero-order valence-electron chi connectivity index (χ0n) is 12.6. The molecular formula is C17H22N2OS. The summed E-state index contributed by atoms with van der Waals surface area (Å²) in [5, 5.41) is 2.07. The summed E-state index contributed by atoms with van der Waals surface area (Å²) in [6.45, 7) is 2.56. The number of amides is 1. The van der Waals surface area contributed by atoms with Gasteiger partial charge < -0.3 is 10.6 Å². The molecule has 2 N–H and O–H groups in total. The SMILES string of the molecule is CC(Cc1cccs1)N(C)C(=O)Cc1ccccc1CN. The van der Waals surface area contributed by atoms with Crippen molar-refractivity contribution in [2.45, 2.75) is 32.4 Å². The molecule has 0 aliphatic carbocycles. The Morgan fingerprint density at radius 1 is 1.24 bits per heavy atom. The monoisotopic (exact) mass is 302 g/mol. The van der Waals surface area contributed by atoms with Crippen molar-refractivity contribution in [2.24, 2.45) is 5.73 Å². The first-order valence-corrected chi connectivity index (χ1v) is 8.04. The van der Waals surface area contributed by atoms with E-state index in [1.165, 1.54) is 4.88 Å². The molecule has 1 aromatic carbocycles. The maximum absolute atomic E-state index is 12.4. The van der Waals surface area contributed by atoms with Crippen LogP contribution in [-0.2, 0) is 24.2 Å². The van der Waals surface area contributed by atoms with Crippen molar-refractivity contribution < 1.29 is 4.79 Å². The standard InChI is InChI=1S/C17H22N2OS/c1-13(10-16-8-5-9-21-16)19(2)17(20)11-14-6-3-4-7-15(14)12-18/h3-9,13H,10-12,18H2,1-2H3. The normalized spacial score (nSPS) is 12.1. The zero-order valence-corrected chi connectivity index (χ0v) is 13.4. The zero-order chi connectivity index (χ0) is 15.2. The molecule has 0 aliphatic rings. The fourth-order valence-electron chi connectivity index (χ4n) is 2.32. The molecule has 0 bridgehead atoms. The maximum Gasteiger partial charge on any atom is 0.226 e. The fourth-order valence-corrected chi connectivity index (χ4v) is 3.15. The Morgan fingerprint density at radius 3 is 2.57 bits per heavy atom. The van der Waals surface area contributed by atoms with E-state index in [9.17, 15) is 4.79 Å². The topological polar surface area (TPSA) is 46.3 Å². The molecule has 1 heterocycles. The summed E-state index contributed by atoms with van der Waals surface area (Å²) < 4.78 is 0. The minimum Gasteiger partial charge on any atom is -0.342 e. The lowest BCUT2D eigenvalue weighted by Crippen LogP contribution is -2.37. The first kappa shape index (κ1) is 15.7. The molecule has 112 valence electrons. The van der Waals surface area contributed by atoms with Gasteiger partial charge in [0.05, 0.1) is 6.42 Å². The molecule has 2 rings (SSSR count). The van der Waals surface area contributed by atoms with E-state index in [2.05, 4.69) is 18.4 Å². The molecule has 0 aliphatic heterocycles. The first-order valence-electron chi connectivity index (χ1n) is 7.16. The molecule has 3 nitrogen and oxygen atoms in total. The third kappa shape index (κ3) is 4.16. The second-order valence-electron chi connectivity index (χ2n) is 5.29. The highest BCUT2D eigenvalue weighted by Crippen LogP contribution is 2.15. The molecule has 0 saturated heterocycles. The predicted octanol–water partition coefficient (Wildman–Crippen LogP) is 2.84. The van der Waals surface area contributed by atoms with Gasteiger partial charge in [-0.1, -0.05) is 30.3 Å². The number of hydrogen-bond donors (Lipinski definition) is 1. The van der Waals surface area contributed by atoms with Crippen LogP contribution >= 0.6 is 11.3 Å². The quantitative estimate of drug-likeness (QED) is 0.892. The van der Waals surface area contributed by atoms with E-state index < -0.39 is 0 Å². The average Bonchev–Trinajstić information content (AvgIpc) is 2.99. The summed E-state index contributed by atoms with van der Waals surface area (Å²) in [6, 6.07) is 12.2. The van der Waals surface area contributed by atoms with Crippen molar-refractivity contribution in [1.29, 1.82) is 0 Å². The van der Waals surface area contributed by atoms with E-state index in [1.54, 1.807) is 11.3 Å². The van der Waals surface area contributed by atoms with E-state index in [1.807, 2.05) is 42.3 Å². The van der Waals surface area contributed by atoms with Crippen LogP contribution in [0.3, 0.4) is 0 Å². The number of carbonyl (C=O) groups is 1. The summed E-state index contributed by atoms with van der Waals surface area (Å²) >= 11 is 1.74. The summed E-state index contributed by atoms with van der Waals surface area (Å²) in [5.74, 6) is 0.139. The van der Waals surface area contributed by atoms with Gasteiger partial charge in [0.15, 0.2) is 0 Å². The van der Waals surface area contributed by atoms with Gasteiger partial charge in [-0.3, -0.25) is 4.79 Å². The molecule has 2 aromatic rings. The highest BCUT2D eigenvalue weighted by molar-refractivity contribution is 7.09. The molecule has 1 amide bonds. The van der Waals surface area contributed by atoms with Gasteiger partial charge in [0, 0.05) is 30.9 Å². The predicted molar refractivity (Wildman–Crippen MR) is 88.3 cm³/mol. The van der Waals surface area contributed by atoms with Gasteiger partial charge in [0.1, 0.15) is 0 Å². The molecule has 4 heteroatoms. The second kappa shape index (κ2) is 7.38. The highest BCUT2D eigenvalue weighted by Gasteiger charge is 2.17. The van der Waals surface area contributed by atoms with Crippen molar-refractivity contribution in [3.8, 4) is 0 Å². The van der Waals surface area contributed by atoms with Crippen molar-refractivity contribution in [2.75, 3.05) is 7.05 Å². The summed E-state index contributed by atoms with van der Waals surface area (Å²) in [4.78, 5) is 15.6. The Morgan fingerprint density at radius 2 is 1.95 bits per heavy atom. The number of thiophene rings is 1. The number of rotatable bonds is 6. The van der Waals surface area contributed by atoms with Gasteiger partial charge in [-0.05, 0) is 29.5 Å². The molecule has 0 radical (unpaired) electrons. The fraction of sp³-hybridized carbons (Fsp3) is 0.353. The minimum atomic E-state index is 0.139. The molecule has 21 heavy (non-hydrogen) atoms. The van der Waals surface area contributed by atoms with Gasteiger partial charge in [0.2, 0.25) is 5.91 Å². The van der Waals surface area contributed by atoms with Gasteiger partial charge >= 0.3 is 0 Å². The molecule has 1 aromatic heterocycles. The van der Waals surface area contributed by atoms with E-state index in [0.717, 1.165) is 17.5 Å². The molecule has 1 unspecified atom stereocenters. The third-order valence-corrected chi connectivity index (χ3v) is 4.71. The number of benzene rings is 1. The van der Waals surface area contributed by atoms with E-state index in [4.69, 9.17) is 5.73 Å². The Labute approximate surface area is 130 Å². The van der Waals surface area contributed by atoms with Crippen LogP contribution < -0.4 is 5.73 Å². The van der Waals surface area contributed by atoms with Gasteiger partial charge in [0.25, 0.3) is 0 Å². The second-order valence-corrected chi connectivity index (χ2v) is 6.32. The molecular weight excluding hydrogens is 280 g/mol. The first-order chi connectivity index (χ1) is 10.1. The largest absolute Gasteiger partial charge is 0.342 e. The Bertz CT molecular complexity index is 580. The maximum atomic E-state index is 12.4. The van der Waals surface area contributed by atoms with Crippen LogP contribution in [0.2, 0.25) is 0 Å². The Kier molecular flexibility index (Phi) is 5.53. The van der Waals surface area contributed by atoms with Gasteiger partial charge in [-0.2, -0.15) is 0 Å².